The summed E-state index contributed by atoms with van der Waals surface area (Å²) in [6, 6.07) is 4.88. The summed E-state index contributed by atoms with van der Waals surface area (Å²) in [6.07, 6.45) is 5.17. The van der Waals surface area contributed by atoms with E-state index < -0.39 is 4.92 Å². The summed E-state index contributed by atoms with van der Waals surface area (Å²) in [5, 5.41) is 19.9. The van der Waals surface area contributed by atoms with E-state index in [4.69, 9.17) is 5.11 Å². The number of anilines is 1. The Morgan fingerprint density at radius 2 is 2.24 bits per heavy atom. The minimum atomic E-state index is -0.467. The van der Waals surface area contributed by atoms with E-state index in [0.717, 1.165) is 25.2 Å². The Morgan fingerprint density at radius 3 is 2.82 bits per heavy atom. The Kier molecular flexibility index (Phi) is 3.39. The van der Waals surface area contributed by atoms with E-state index in [2.05, 4.69) is 17.1 Å². The molecule has 0 saturated heterocycles. The summed E-state index contributed by atoms with van der Waals surface area (Å²) in [5.74, 6) is 0. The van der Waals surface area contributed by atoms with Gasteiger partial charge in [0.05, 0.1) is 17.1 Å². The number of benzene rings is 1. The molecule has 0 fully saturated rings. The van der Waals surface area contributed by atoms with Crippen LogP contribution in [-0.2, 0) is 6.61 Å². The molecule has 1 aromatic carbocycles. The van der Waals surface area contributed by atoms with E-state index in [1.165, 1.54) is 6.07 Å². The van der Waals surface area contributed by atoms with Crippen molar-refractivity contribution in [3.8, 4) is 0 Å². The molecule has 1 N–H and O–H groups in total. The van der Waals surface area contributed by atoms with Gasteiger partial charge in [-0.2, -0.15) is 0 Å². The van der Waals surface area contributed by atoms with Crippen LogP contribution in [0.15, 0.2) is 30.4 Å². The standard InChI is InChI=1S/C12H14N2O3/c15-9-10-8-11(4-5-12(10)14(16)17)13-6-2-1-3-7-13/h1-2,4-5,8,15H,3,6-7,9H2. The molecule has 1 aromatic rings. The first kappa shape index (κ1) is 11.6. The molecule has 17 heavy (non-hydrogen) atoms. The maximum absolute atomic E-state index is 10.7. The topological polar surface area (TPSA) is 66.6 Å². The highest BCUT2D eigenvalue weighted by molar-refractivity contribution is 5.56. The average Bonchev–Trinajstić information content (AvgIpc) is 2.39. The second-order valence-corrected chi connectivity index (χ2v) is 3.93. The minimum Gasteiger partial charge on any atom is -0.391 e. The normalized spacial score (nSPS) is 15.0. The Balaban J connectivity index is 2.30. The molecule has 0 aliphatic carbocycles. The SMILES string of the molecule is O=[N+]([O-])c1ccc(N2CC=CCC2)cc1CO. The van der Waals surface area contributed by atoms with Gasteiger partial charge in [-0.15, -0.1) is 0 Å². The summed E-state index contributed by atoms with van der Waals surface area (Å²) in [6.45, 7) is 1.40. The molecule has 0 saturated carbocycles. The van der Waals surface area contributed by atoms with Crippen molar-refractivity contribution in [3.63, 3.8) is 0 Å². The van der Waals surface area contributed by atoms with Crippen LogP contribution in [0.2, 0.25) is 0 Å². The zero-order valence-electron chi connectivity index (χ0n) is 9.37. The third kappa shape index (κ3) is 2.45. The molecule has 0 aromatic heterocycles. The summed E-state index contributed by atoms with van der Waals surface area (Å²) in [4.78, 5) is 12.4. The van der Waals surface area contributed by atoms with Crippen LogP contribution in [0, 0.1) is 10.1 Å². The third-order valence-corrected chi connectivity index (χ3v) is 2.85. The number of hydrogen-bond acceptors (Lipinski definition) is 4. The van der Waals surface area contributed by atoms with Crippen molar-refractivity contribution in [3.05, 3.63) is 46.0 Å². The van der Waals surface area contributed by atoms with Crippen molar-refractivity contribution in [2.45, 2.75) is 13.0 Å². The van der Waals surface area contributed by atoms with Crippen molar-refractivity contribution < 1.29 is 10.0 Å². The van der Waals surface area contributed by atoms with Crippen molar-refractivity contribution in [2.24, 2.45) is 0 Å². The number of aliphatic hydroxyl groups excluding tert-OH is 1. The largest absolute Gasteiger partial charge is 0.391 e. The van der Waals surface area contributed by atoms with Crippen LogP contribution < -0.4 is 4.90 Å². The predicted molar refractivity (Wildman–Crippen MR) is 65.0 cm³/mol. The molecule has 0 bridgehead atoms. The predicted octanol–water partition coefficient (Wildman–Crippen LogP) is 1.85. The first-order valence-electron chi connectivity index (χ1n) is 5.50. The van der Waals surface area contributed by atoms with Gasteiger partial charge in [0.2, 0.25) is 0 Å². The number of aliphatic hydroxyl groups is 1. The molecule has 1 aliphatic rings. The van der Waals surface area contributed by atoms with E-state index in [-0.39, 0.29) is 12.3 Å². The van der Waals surface area contributed by atoms with Crippen LogP contribution >= 0.6 is 0 Å². The van der Waals surface area contributed by atoms with Crippen molar-refractivity contribution in [1.29, 1.82) is 0 Å². The molecular weight excluding hydrogens is 220 g/mol. The molecule has 2 rings (SSSR count). The first-order chi connectivity index (χ1) is 8.22. The molecule has 0 atom stereocenters. The number of hydrogen-bond donors (Lipinski definition) is 1. The van der Waals surface area contributed by atoms with Crippen LogP contribution in [0.4, 0.5) is 11.4 Å². The molecule has 5 nitrogen and oxygen atoms in total. The molecule has 0 spiro atoms. The number of nitro benzene ring substituents is 1. The van der Waals surface area contributed by atoms with Crippen molar-refractivity contribution >= 4 is 11.4 Å². The van der Waals surface area contributed by atoms with Gasteiger partial charge >= 0.3 is 0 Å². The molecule has 0 radical (unpaired) electrons. The van der Waals surface area contributed by atoms with Gasteiger partial charge in [0, 0.05) is 24.8 Å². The fourth-order valence-corrected chi connectivity index (χ4v) is 1.95. The second kappa shape index (κ2) is 4.97. The third-order valence-electron chi connectivity index (χ3n) is 2.85. The Bertz CT molecular complexity index is 457. The maximum atomic E-state index is 10.7. The zero-order chi connectivity index (χ0) is 12.3. The quantitative estimate of drug-likeness (QED) is 0.492. The smallest absolute Gasteiger partial charge is 0.275 e. The monoisotopic (exact) mass is 234 g/mol. The molecule has 0 unspecified atom stereocenters. The molecule has 0 amide bonds. The highest BCUT2D eigenvalue weighted by Gasteiger charge is 2.15. The summed E-state index contributed by atoms with van der Waals surface area (Å²) >= 11 is 0. The highest BCUT2D eigenvalue weighted by Crippen LogP contribution is 2.25. The van der Waals surface area contributed by atoms with Gasteiger partial charge < -0.3 is 10.0 Å². The van der Waals surface area contributed by atoms with Crippen LogP contribution in [0.1, 0.15) is 12.0 Å². The highest BCUT2D eigenvalue weighted by atomic mass is 16.6. The molecule has 1 aliphatic heterocycles. The van der Waals surface area contributed by atoms with Crippen LogP contribution in [0.5, 0.6) is 0 Å². The van der Waals surface area contributed by atoms with Gasteiger partial charge in [0.1, 0.15) is 0 Å². The zero-order valence-corrected chi connectivity index (χ0v) is 9.37. The minimum absolute atomic E-state index is 0.0243. The molecule has 90 valence electrons. The molecule has 5 heteroatoms. The molecule has 1 heterocycles. The van der Waals surface area contributed by atoms with Gasteiger partial charge in [-0.25, -0.2) is 0 Å². The second-order valence-electron chi connectivity index (χ2n) is 3.93. The Labute approximate surface area is 99.1 Å². The van der Waals surface area contributed by atoms with Crippen LogP contribution in [0.25, 0.3) is 0 Å². The fourth-order valence-electron chi connectivity index (χ4n) is 1.95. The van der Waals surface area contributed by atoms with E-state index in [9.17, 15) is 10.1 Å². The summed E-state index contributed by atoms with van der Waals surface area (Å²) < 4.78 is 0. The van der Waals surface area contributed by atoms with Gasteiger partial charge in [-0.3, -0.25) is 10.1 Å². The lowest BCUT2D eigenvalue weighted by atomic mass is 10.1. The number of rotatable bonds is 3. The summed E-state index contributed by atoms with van der Waals surface area (Å²) in [5.41, 5.74) is 1.26. The molecular formula is C12H14N2O3. The van der Waals surface area contributed by atoms with Crippen LogP contribution in [-0.4, -0.2) is 23.1 Å². The van der Waals surface area contributed by atoms with E-state index >= 15 is 0 Å². The van der Waals surface area contributed by atoms with E-state index in [1.54, 1.807) is 12.1 Å². The van der Waals surface area contributed by atoms with Gasteiger partial charge in [-0.1, -0.05) is 12.2 Å². The fraction of sp³-hybridized carbons (Fsp3) is 0.333. The lowest BCUT2D eigenvalue weighted by Crippen LogP contribution is -2.26. The first-order valence-corrected chi connectivity index (χ1v) is 5.50. The lowest BCUT2D eigenvalue weighted by Gasteiger charge is -2.25. The van der Waals surface area contributed by atoms with Gasteiger partial charge in [0.15, 0.2) is 0 Å². The van der Waals surface area contributed by atoms with Crippen molar-refractivity contribution in [1.82, 2.24) is 0 Å². The van der Waals surface area contributed by atoms with Gasteiger partial charge in [0.25, 0.3) is 5.69 Å². The van der Waals surface area contributed by atoms with Crippen molar-refractivity contribution in [2.75, 3.05) is 18.0 Å². The number of nitro groups is 1. The maximum Gasteiger partial charge on any atom is 0.275 e. The Morgan fingerprint density at radius 1 is 1.41 bits per heavy atom. The van der Waals surface area contributed by atoms with Crippen LogP contribution in [0.3, 0.4) is 0 Å². The summed E-state index contributed by atoms with van der Waals surface area (Å²) in [7, 11) is 0. The Hall–Kier alpha value is -1.88. The number of nitrogens with zero attached hydrogens (tertiary/aromatic N) is 2. The lowest BCUT2D eigenvalue weighted by molar-refractivity contribution is -0.385. The van der Waals surface area contributed by atoms with E-state index in [1.807, 2.05) is 0 Å². The average molecular weight is 234 g/mol. The van der Waals surface area contributed by atoms with E-state index in [0.29, 0.717) is 5.56 Å². The van der Waals surface area contributed by atoms with Gasteiger partial charge in [-0.05, 0) is 18.6 Å².